The summed E-state index contributed by atoms with van der Waals surface area (Å²) in [5.41, 5.74) is 14.0. The number of carboxylic acid groups (broad SMARTS) is 1. The zero-order chi connectivity index (χ0) is 22.5. The van der Waals surface area contributed by atoms with Gasteiger partial charge in [-0.05, 0) is 37.1 Å². The van der Waals surface area contributed by atoms with Crippen molar-refractivity contribution in [1.82, 2.24) is 9.88 Å². The largest absolute Gasteiger partial charge is 0.490 e. The van der Waals surface area contributed by atoms with Crippen molar-refractivity contribution in [2.45, 2.75) is 26.1 Å². The molecule has 11 heteroatoms. The minimum absolute atomic E-state index is 0.240. The van der Waals surface area contributed by atoms with Gasteiger partial charge in [-0.15, -0.1) is 11.3 Å². The molecule has 0 radical (unpaired) electrons. The number of primary amides is 1. The monoisotopic (exact) mass is 444 g/mol. The highest BCUT2D eigenvalue weighted by atomic mass is 32.1. The number of likely N-dealkylation sites (tertiary alicyclic amines) is 1. The fourth-order valence-corrected chi connectivity index (χ4v) is 3.76. The second-order valence-electron chi connectivity index (χ2n) is 7.36. The van der Waals surface area contributed by atoms with Crippen LogP contribution in [0.3, 0.4) is 0 Å². The Balaban J connectivity index is 0.000000396. The number of carbonyl (C=O) groups is 2. The molecule has 1 aromatic heterocycles. The molecular formula is C19H23F3N4O3S. The van der Waals surface area contributed by atoms with E-state index in [1.54, 1.807) is 23.5 Å². The molecule has 1 aliphatic rings. The molecule has 2 aromatic rings. The van der Waals surface area contributed by atoms with E-state index in [1.807, 2.05) is 12.1 Å². The number of hydrogen-bond acceptors (Lipinski definition) is 6. The van der Waals surface area contributed by atoms with Gasteiger partial charge in [0.25, 0.3) is 0 Å². The third kappa shape index (κ3) is 6.51. The molecule has 30 heavy (non-hydrogen) atoms. The Hall–Kier alpha value is -2.50. The summed E-state index contributed by atoms with van der Waals surface area (Å²) < 4.78 is 31.7. The van der Waals surface area contributed by atoms with Gasteiger partial charge in [-0.25, -0.2) is 9.78 Å². The van der Waals surface area contributed by atoms with Gasteiger partial charge < -0.3 is 16.6 Å². The van der Waals surface area contributed by atoms with Crippen LogP contribution in [0.5, 0.6) is 0 Å². The standard InChI is InChI=1S/C17H22N4OS.C2HF3O2/c1-17(10-18)6-7-21(11-17)8-14-9-23-16(20-14)13-4-2-12(3-5-13)15(19)22;3-2(4,5)1(6)7/h2-5,9H,6-8,10-11,18H2,1H3,(H2,19,22);(H,6,7). The van der Waals surface area contributed by atoms with Gasteiger partial charge in [-0.1, -0.05) is 19.1 Å². The quantitative estimate of drug-likeness (QED) is 0.652. The Bertz CT molecular complexity index is 886. The van der Waals surface area contributed by atoms with E-state index in [4.69, 9.17) is 26.4 Å². The zero-order valence-electron chi connectivity index (χ0n) is 16.3. The first-order chi connectivity index (χ1) is 13.9. The molecule has 0 saturated carbocycles. The number of nitrogens with two attached hydrogens (primary N) is 2. The Labute approximate surface area is 175 Å². The molecule has 164 valence electrons. The van der Waals surface area contributed by atoms with Crippen molar-refractivity contribution in [3.8, 4) is 10.6 Å². The minimum atomic E-state index is -5.08. The number of thiazole rings is 1. The van der Waals surface area contributed by atoms with E-state index in [0.717, 1.165) is 48.9 Å². The second-order valence-corrected chi connectivity index (χ2v) is 8.22. The molecule has 0 bridgehead atoms. The van der Waals surface area contributed by atoms with Crippen LogP contribution in [-0.2, 0) is 11.3 Å². The highest BCUT2D eigenvalue weighted by Crippen LogP contribution is 2.30. The summed E-state index contributed by atoms with van der Waals surface area (Å²) >= 11 is 1.63. The number of rotatable bonds is 5. The lowest BCUT2D eigenvalue weighted by atomic mass is 9.90. The van der Waals surface area contributed by atoms with Crippen LogP contribution in [0.2, 0.25) is 0 Å². The summed E-state index contributed by atoms with van der Waals surface area (Å²) in [6.45, 7) is 5.96. The van der Waals surface area contributed by atoms with Crippen LogP contribution >= 0.6 is 11.3 Å². The minimum Gasteiger partial charge on any atom is -0.475 e. The van der Waals surface area contributed by atoms with Crippen LogP contribution in [0.25, 0.3) is 10.6 Å². The Kier molecular flexibility index (Phi) is 7.56. The number of amides is 1. The summed E-state index contributed by atoms with van der Waals surface area (Å²) in [6, 6.07) is 7.27. The van der Waals surface area contributed by atoms with Crippen molar-refractivity contribution in [3.63, 3.8) is 0 Å². The van der Waals surface area contributed by atoms with Gasteiger partial charge in [0.1, 0.15) is 5.01 Å². The summed E-state index contributed by atoms with van der Waals surface area (Å²) in [5.74, 6) is -3.17. The third-order valence-corrected chi connectivity index (χ3v) is 5.67. The van der Waals surface area contributed by atoms with Crippen molar-refractivity contribution in [1.29, 1.82) is 0 Å². The topological polar surface area (TPSA) is 123 Å². The Morgan fingerprint density at radius 2 is 1.90 bits per heavy atom. The fourth-order valence-electron chi connectivity index (χ4n) is 2.95. The highest BCUT2D eigenvalue weighted by Gasteiger charge is 2.38. The molecule has 5 N–H and O–H groups in total. The number of carbonyl (C=O) groups excluding carboxylic acids is 1. The van der Waals surface area contributed by atoms with Crippen molar-refractivity contribution in [2.24, 2.45) is 16.9 Å². The van der Waals surface area contributed by atoms with Crippen LogP contribution < -0.4 is 11.5 Å². The van der Waals surface area contributed by atoms with Crippen molar-refractivity contribution in [3.05, 3.63) is 40.9 Å². The first kappa shape index (κ1) is 23.8. The molecule has 1 aromatic carbocycles. The number of alkyl halides is 3. The highest BCUT2D eigenvalue weighted by molar-refractivity contribution is 7.13. The summed E-state index contributed by atoms with van der Waals surface area (Å²) in [4.78, 5) is 27.2. The van der Waals surface area contributed by atoms with E-state index in [9.17, 15) is 18.0 Å². The number of halogens is 3. The van der Waals surface area contributed by atoms with E-state index in [0.29, 0.717) is 5.56 Å². The summed E-state index contributed by atoms with van der Waals surface area (Å²) in [5, 5.41) is 10.2. The van der Waals surface area contributed by atoms with Crippen LogP contribution in [-0.4, -0.2) is 52.7 Å². The van der Waals surface area contributed by atoms with Gasteiger partial charge in [0, 0.05) is 29.6 Å². The third-order valence-electron chi connectivity index (χ3n) is 4.73. The van der Waals surface area contributed by atoms with E-state index < -0.39 is 18.1 Å². The van der Waals surface area contributed by atoms with Gasteiger partial charge in [0.2, 0.25) is 5.91 Å². The molecule has 1 unspecified atom stereocenters. The van der Waals surface area contributed by atoms with Crippen LogP contribution in [0.1, 0.15) is 29.4 Å². The van der Waals surface area contributed by atoms with Gasteiger partial charge in [0.05, 0.1) is 5.69 Å². The number of benzene rings is 1. The lowest BCUT2D eigenvalue weighted by Gasteiger charge is -2.22. The smallest absolute Gasteiger partial charge is 0.475 e. The molecule has 0 spiro atoms. The zero-order valence-corrected chi connectivity index (χ0v) is 17.1. The van der Waals surface area contributed by atoms with Gasteiger partial charge in [0.15, 0.2) is 0 Å². The van der Waals surface area contributed by atoms with Crippen LogP contribution in [0, 0.1) is 5.41 Å². The number of aromatic nitrogens is 1. The lowest BCUT2D eigenvalue weighted by Crippen LogP contribution is -2.31. The Morgan fingerprint density at radius 3 is 2.37 bits per heavy atom. The molecule has 1 fully saturated rings. The molecule has 1 amide bonds. The van der Waals surface area contributed by atoms with Gasteiger partial charge >= 0.3 is 12.1 Å². The molecular weight excluding hydrogens is 421 g/mol. The van der Waals surface area contributed by atoms with Gasteiger partial charge in [-0.3, -0.25) is 9.69 Å². The molecule has 1 atom stereocenters. The van der Waals surface area contributed by atoms with Crippen molar-refractivity contribution in [2.75, 3.05) is 19.6 Å². The molecule has 2 heterocycles. The first-order valence-electron chi connectivity index (χ1n) is 9.01. The number of aliphatic carboxylic acids is 1. The molecule has 1 saturated heterocycles. The van der Waals surface area contributed by atoms with Crippen LogP contribution in [0.4, 0.5) is 13.2 Å². The maximum Gasteiger partial charge on any atom is 0.490 e. The predicted octanol–water partition coefficient (Wildman–Crippen LogP) is 2.71. The van der Waals surface area contributed by atoms with Crippen molar-refractivity contribution >= 4 is 23.2 Å². The number of nitrogens with zero attached hydrogens (tertiary/aromatic N) is 2. The summed E-state index contributed by atoms with van der Waals surface area (Å²) in [6.07, 6.45) is -3.94. The molecule has 3 rings (SSSR count). The SMILES string of the molecule is CC1(CN)CCN(Cc2csc(-c3ccc(C(N)=O)cc3)n2)C1.O=C(O)C(F)(F)F. The van der Waals surface area contributed by atoms with Gasteiger partial charge in [-0.2, -0.15) is 13.2 Å². The van der Waals surface area contributed by atoms with Crippen molar-refractivity contribution < 1.29 is 27.9 Å². The van der Waals surface area contributed by atoms with E-state index in [1.165, 1.54) is 0 Å². The normalized spacial score (nSPS) is 19.2. The fraction of sp³-hybridized carbons (Fsp3) is 0.421. The average molecular weight is 444 g/mol. The molecule has 0 aliphatic carbocycles. The van der Waals surface area contributed by atoms with E-state index in [-0.39, 0.29) is 5.41 Å². The maximum absolute atomic E-state index is 11.1. The van der Waals surface area contributed by atoms with Crippen LogP contribution in [0.15, 0.2) is 29.6 Å². The summed E-state index contributed by atoms with van der Waals surface area (Å²) in [7, 11) is 0. The average Bonchev–Trinajstić information content (AvgIpc) is 3.29. The first-order valence-corrected chi connectivity index (χ1v) is 9.89. The Morgan fingerprint density at radius 1 is 1.30 bits per heavy atom. The van der Waals surface area contributed by atoms with E-state index >= 15 is 0 Å². The number of carboxylic acids is 1. The van der Waals surface area contributed by atoms with E-state index in [2.05, 4.69) is 17.2 Å². The predicted molar refractivity (Wildman–Crippen MR) is 107 cm³/mol. The number of hydrogen-bond donors (Lipinski definition) is 3. The second kappa shape index (κ2) is 9.54. The maximum atomic E-state index is 11.1. The lowest BCUT2D eigenvalue weighted by molar-refractivity contribution is -0.192. The molecule has 7 nitrogen and oxygen atoms in total. The molecule has 1 aliphatic heterocycles.